The van der Waals surface area contributed by atoms with E-state index in [1.807, 2.05) is 35.2 Å². The zero-order valence-electron chi connectivity index (χ0n) is 11.9. The number of benzene rings is 1. The molecule has 0 spiro atoms. The first-order chi connectivity index (χ1) is 10.1. The van der Waals surface area contributed by atoms with Gasteiger partial charge in [0.05, 0.1) is 6.42 Å². The molecule has 1 N–H and O–H groups in total. The minimum Gasteiger partial charge on any atom is -0.481 e. The zero-order valence-corrected chi connectivity index (χ0v) is 11.9. The number of nitrogens with zero attached hydrogens (tertiary/aromatic N) is 2. The summed E-state index contributed by atoms with van der Waals surface area (Å²) in [5, 5.41) is 8.91. The SMILES string of the molecule is O=C(O)CCN(C(=O)N1CC2CCC1C2)c1ccccc1. The monoisotopic (exact) mass is 288 g/mol. The number of hydrogen-bond acceptors (Lipinski definition) is 2. The van der Waals surface area contributed by atoms with Crippen LogP contribution < -0.4 is 4.90 Å². The van der Waals surface area contributed by atoms with E-state index >= 15 is 0 Å². The van der Waals surface area contributed by atoms with E-state index in [2.05, 4.69) is 0 Å². The zero-order chi connectivity index (χ0) is 14.8. The van der Waals surface area contributed by atoms with Crippen molar-refractivity contribution >= 4 is 17.7 Å². The molecule has 2 bridgehead atoms. The summed E-state index contributed by atoms with van der Waals surface area (Å²) in [6.07, 6.45) is 3.36. The Bertz CT molecular complexity index is 532. The van der Waals surface area contributed by atoms with Crippen LogP contribution in [0.3, 0.4) is 0 Å². The molecule has 2 unspecified atom stereocenters. The molecule has 0 aromatic heterocycles. The number of carboxylic acids is 1. The highest BCUT2D eigenvalue weighted by Gasteiger charge is 2.41. The number of hydrogen-bond donors (Lipinski definition) is 1. The summed E-state index contributed by atoms with van der Waals surface area (Å²) in [4.78, 5) is 27.2. The van der Waals surface area contributed by atoms with Crippen LogP contribution in [-0.2, 0) is 4.79 Å². The fourth-order valence-corrected chi connectivity index (χ4v) is 3.46. The molecule has 1 aromatic rings. The molecule has 5 nitrogen and oxygen atoms in total. The summed E-state index contributed by atoms with van der Waals surface area (Å²) in [6, 6.07) is 9.63. The van der Waals surface area contributed by atoms with E-state index in [1.165, 1.54) is 6.42 Å². The highest BCUT2D eigenvalue weighted by atomic mass is 16.4. The number of aliphatic carboxylic acids is 1. The Labute approximate surface area is 124 Å². The average Bonchev–Trinajstić information content (AvgIpc) is 3.11. The molecule has 1 aromatic carbocycles. The number of anilines is 1. The number of likely N-dealkylation sites (tertiary alicyclic amines) is 1. The Hall–Kier alpha value is -2.04. The van der Waals surface area contributed by atoms with Gasteiger partial charge in [0.15, 0.2) is 0 Å². The molecule has 1 saturated heterocycles. The van der Waals surface area contributed by atoms with Gasteiger partial charge in [-0.2, -0.15) is 0 Å². The summed E-state index contributed by atoms with van der Waals surface area (Å²) in [6.45, 7) is 1.03. The highest BCUT2D eigenvalue weighted by molar-refractivity contribution is 5.93. The second-order valence-corrected chi connectivity index (χ2v) is 5.90. The van der Waals surface area contributed by atoms with Gasteiger partial charge in [-0.25, -0.2) is 4.79 Å². The topological polar surface area (TPSA) is 60.9 Å². The van der Waals surface area contributed by atoms with Crippen LogP contribution in [0.2, 0.25) is 0 Å². The standard InChI is InChI=1S/C16H20N2O3/c19-15(20)8-9-17(13-4-2-1-3-5-13)16(21)18-11-12-6-7-14(18)10-12/h1-5,12,14H,6-11H2,(H,19,20). The van der Waals surface area contributed by atoms with Gasteiger partial charge in [-0.3, -0.25) is 9.69 Å². The molecule has 1 saturated carbocycles. The molecular formula is C16H20N2O3. The minimum absolute atomic E-state index is 0.0391. The third-order valence-electron chi connectivity index (χ3n) is 4.50. The van der Waals surface area contributed by atoms with Gasteiger partial charge in [0, 0.05) is 24.8 Å². The van der Waals surface area contributed by atoms with E-state index in [9.17, 15) is 9.59 Å². The van der Waals surface area contributed by atoms with E-state index in [4.69, 9.17) is 5.11 Å². The van der Waals surface area contributed by atoms with Crippen molar-refractivity contribution in [3.05, 3.63) is 30.3 Å². The van der Waals surface area contributed by atoms with Crippen molar-refractivity contribution < 1.29 is 14.7 Å². The number of amides is 2. The van der Waals surface area contributed by atoms with Crippen LogP contribution >= 0.6 is 0 Å². The lowest BCUT2D eigenvalue weighted by Gasteiger charge is -2.33. The normalized spacial score (nSPS) is 23.3. The summed E-state index contributed by atoms with van der Waals surface area (Å²) in [5.74, 6) is -0.247. The molecular weight excluding hydrogens is 268 g/mol. The van der Waals surface area contributed by atoms with Crippen LogP contribution in [-0.4, -0.2) is 41.1 Å². The van der Waals surface area contributed by atoms with Crippen LogP contribution in [0.1, 0.15) is 25.7 Å². The largest absolute Gasteiger partial charge is 0.481 e. The fourth-order valence-electron chi connectivity index (χ4n) is 3.46. The molecule has 5 heteroatoms. The molecule has 2 amide bonds. The minimum atomic E-state index is -0.883. The van der Waals surface area contributed by atoms with Crippen molar-refractivity contribution in [2.75, 3.05) is 18.0 Å². The predicted molar refractivity (Wildman–Crippen MR) is 79.3 cm³/mol. The van der Waals surface area contributed by atoms with Crippen LogP contribution in [0, 0.1) is 5.92 Å². The average molecular weight is 288 g/mol. The third-order valence-corrected chi connectivity index (χ3v) is 4.50. The van der Waals surface area contributed by atoms with Crippen LogP contribution in [0.15, 0.2) is 30.3 Å². The van der Waals surface area contributed by atoms with Crippen molar-refractivity contribution in [2.24, 2.45) is 5.92 Å². The van der Waals surface area contributed by atoms with Crippen molar-refractivity contribution in [3.63, 3.8) is 0 Å². The maximum absolute atomic E-state index is 12.8. The van der Waals surface area contributed by atoms with Gasteiger partial charge < -0.3 is 10.0 Å². The number of urea groups is 1. The first-order valence-corrected chi connectivity index (χ1v) is 7.50. The summed E-state index contributed by atoms with van der Waals surface area (Å²) in [5.41, 5.74) is 0.770. The number of carbonyl (C=O) groups excluding carboxylic acids is 1. The highest BCUT2D eigenvalue weighted by Crippen LogP contribution is 2.38. The fraction of sp³-hybridized carbons (Fsp3) is 0.500. The van der Waals surface area contributed by atoms with Crippen LogP contribution in [0.25, 0.3) is 0 Å². The first-order valence-electron chi connectivity index (χ1n) is 7.50. The number of para-hydroxylation sites is 1. The van der Waals surface area contributed by atoms with Crippen molar-refractivity contribution in [1.29, 1.82) is 0 Å². The molecule has 21 heavy (non-hydrogen) atoms. The van der Waals surface area contributed by atoms with Gasteiger partial charge in [-0.05, 0) is 37.3 Å². The van der Waals surface area contributed by atoms with E-state index in [0.29, 0.717) is 12.0 Å². The number of rotatable bonds is 4. The molecule has 2 aliphatic rings. The quantitative estimate of drug-likeness (QED) is 0.926. The van der Waals surface area contributed by atoms with Gasteiger partial charge in [0.2, 0.25) is 0 Å². The molecule has 1 heterocycles. The maximum Gasteiger partial charge on any atom is 0.324 e. The molecule has 112 valence electrons. The lowest BCUT2D eigenvalue weighted by molar-refractivity contribution is -0.136. The second-order valence-electron chi connectivity index (χ2n) is 5.90. The summed E-state index contributed by atoms with van der Waals surface area (Å²) < 4.78 is 0. The molecule has 3 rings (SSSR count). The molecule has 1 aliphatic carbocycles. The Morgan fingerprint density at radius 2 is 2.00 bits per heavy atom. The van der Waals surface area contributed by atoms with E-state index < -0.39 is 5.97 Å². The Kier molecular flexibility index (Phi) is 3.82. The summed E-state index contributed by atoms with van der Waals surface area (Å²) >= 11 is 0. The van der Waals surface area contributed by atoms with Crippen molar-refractivity contribution in [3.8, 4) is 0 Å². The number of carbonyl (C=O) groups is 2. The third kappa shape index (κ3) is 2.86. The summed E-state index contributed by atoms with van der Waals surface area (Å²) in [7, 11) is 0. The van der Waals surface area contributed by atoms with Gasteiger partial charge in [0.1, 0.15) is 0 Å². The number of piperidine rings is 1. The van der Waals surface area contributed by atoms with Crippen LogP contribution in [0.4, 0.5) is 10.5 Å². The second kappa shape index (κ2) is 5.76. The van der Waals surface area contributed by atoms with E-state index in [1.54, 1.807) is 4.90 Å². The lowest BCUT2D eigenvalue weighted by atomic mass is 10.1. The maximum atomic E-state index is 12.8. The Balaban J connectivity index is 1.77. The van der Waals surface area contributed by atoms with Gasteiger partial charge in [-0.1, -0.05) is 18.2 Å². The molecule has 2 fully saturated rings. The van der Waals surface area contributed by atoms with E-state index in [-0.39, 0.29) is 19.0 Å². The molecule has 0 radical (unpaired) electrons. The smallest absolute Gasteiger partial charge is 0.324 e. The van der Waals surface area contributed by atoms with Crippen molar-refractivity contribution in [2.45, 2.75) is 31.7 Å². The number of fused-ring (bicyclic) bond motifs is 2. The Morgan fingerprint density at radius 3 is 2.57 bits per heavy atom. The first kappa shape index (κ1) is 13.9. The lowest BCUT2D eigenvalue weighted by Crippen LogP contribution is -2.47. The molecule has 1 aliphatic heterocycles. The Morgan fingerprint density at radius 1 is 1.24 bits per heavy atom. The van der Waals surface area contributed by atoms with Crippen molar-refractivity contribution in [1.82, 2.24) is 4.90 Å². The van der Waals surface area contributed by atoms with Gasteiger partial charge in [0.25, 0.3) is 0 Å². The van der Waals surface area contributed by atoms with E-state index in [0.717, 1.165) is 25.1 Å². The van der Waals surface area contributed by atoms with Gasteiger partial charge in [-0.15, -0.1) is 0 Å². The van der Waals surface area contributed by atoms with Gasteiger partial charge >= 0.3 is 12.0 Å². The predicted octanol–water partition coefficient (Wildman–Crippen LogP) is 2.57. The number of carboxylic acid groups (broad SMARTS) is 1. The van der Waals surface area contributed by atoms with Crippen LogP contribution in [0.5, 0.6) is 0 Å². The molecule has 2 atom stereocenters.